The van der Waals surface area contributed by atoms with Crippen LogP contribution in [0.1, 0.15) is 29.3 Å². The zero-order chi connectivity index (χ0) is 31.4. The number of aliphatic hydroxyl groups is 1. The number of benzene rings is 4. The van der Waals surface area contributed by atoms with Gasteiger partial charge in [0.1, 0.15) is 29.4 Å². The van der Waals surface area contributed by atoms with Gasteiger partial charge in [-0.1, -0.05) is 84.9 Å². The maximum Gasteiger partial charge on any atom is 0.330 e. The molecule has 6 rings (SSSR count). The van der Waals surface area contributed by atoms with Crippen molar-refractivity contribution in [2.45, 2.75) is 30.5 Å². The van der Waals surface area contributed by atoms with Crippen molar-refractivity contribution in [1.82, 2.24) is 9.55 Å². The Hall–Kier alpha value is -4.96. The van der Waals surface area contributed by atoms with E-state index in [9.17, 15) is 14.7 Å². The molecule has 1 aliphatic heterocycles. The molecular formula is C36H34N2O7. The Morgan fingerprint density at radius 1 is 0.800 bits per heavy atom. The van der Waals surface area contributed by atoms with Gasteiger partial charge in [0.25, 0.3) is 5.56 Å². The summed E-state index contributed by atoms with van der Waals surface area (Å²) in [4.78, 5) is 27.9. The first-order valence-electron chi connectivity index (χ1n) is 14.7. The SMILES string of the molecule is COc1ccc(C(OC[C@H]2O[C@@H](n3cc(-c4ccccc4)c(=O)[nH]c3=O)CC2O)(c2ccccc2)c2ccc(OC)cc2)cc1. The van der Waals surface area contributed by atoms with E-state index < -0.39 is 35.3 Å². The van der Waals surface area contributed by atoms with Crippen molar-refractivity contribution < 1.29 is 24.1 Å². The predicted octanol–water partition coefficient (Wildman–Crippen LogP) is 4.88. The van der Waals surface area contributed by atoms with Crippen LogP contribution >= 0.6 is 0 Å². The molecule has 9 heteroatoms. The molecule has 45 heavy (non-hydrogen) atoms. The highest BCUT2D eigenvalue weighted by Crippen LogP contribution is 2.42. The zero-order valence-corrected chi connectivity index (χ0v) is 25.0. The second kappa shape index (κ2) is 13.0. The molecule has 5 aromatic rings. The van der Waals surface area contributed by atoms with Crippen molar-refractivity contribution in [2.24, 2.45) is 0 Å². The summed E-state index contributed by atoms with van der Waals surface area (Å²) in [6, 6.07) is 34.2. The lowest BCUT2D eigenvalue weighted by Gasteiger charge is -2.37. The Balaban J connectivity index is 1.36. The zero-order valence-electron chi connectivity index (χ0n) is 25.0. The van der Waals surface area contributed by atoms with Crippen molar-refractivity contribution >= 4 is 0 Å². The molecule has 0 radical (unpaired) electrons. The standard InChI is InChI=1S/C36H34N2O7/c1-42-28-17-13-26(14-18-28)36(25-11-7-4-8-12-25,27-15-19-29(43-2)20-16-27)44-23-32-31(39)21-33(45-32)38-22-30(34(40)37-35(38)41)24-9-5-3-6-10-24/h3-20,22,31-33,39H,21,23H2,1-2H3,(H,37,40,41)/t31?,32-,33-/m1/s1. The van der Waals surface area contributed by atoms with E-state index in [0.29, 0.717) is 22.6 Å². The molecule has 0 amide bonds. The number of H-pyrrole nitrogens is 1. The summed E-state index contributed by atoms with van der Waals surface area (Å²) in [5.41, 5.74) is 1.33. The molecule has 2 heterocycles. The first kappa shape index (κ1) is 30.1. The Morgan fingerprint density at radius 3 is 1.89 bits per heavy atom. The van der Waals surface area contributed by atoms with Crippen LogP contribution in [0.3, 0.4) is 0 Å². The molecular weight excluding hydrogens is 572 g/mol. The second-order valence-electron chi connectivity index (χ2n) is 10.8. The van der Waals surface area contributed by atoms with E-state index in [0.717, 1.165) is 16.7 Å². The van der Waals surface area contributed by atoms with E-state index in [2.05, 4.69) is 4.98 Å². The van der Waals surface area contributed by atoms with Gasteiger partial charge in [0.2, 0.25) is 0 Å². The van der Waals surface area contributed by atoms with Crippen molar-refractivity contribution in [3.63, 3.8) is 0 Å². The highest BCUT2D eigenvalue weighted by molar-refractivity contribution is 5.61. The largest absolute Gasteiger partial charge is 0.497 e. The summed E-state index contributed by atoms with van der Waals surface area (Å²) < 4.78 is 25.4. The van der Waals surface area contributed by atoms with E-state index in [1.54, 1.807) is 26.4 Å². The number of ether oxygens (including phenoxy) is 4. The van der Waals surface area contributed by atoms with Gasteiger partial charge in [-0.15, -0.1) is 0 Å². The Kier molecular flexibility index (Phi) is 8.66. The quantitative estimate of drug-likeness (QED) is 0.218. The maximum atomic E-state index is 12.9. The van der Waals surface area contributed by atoms with Gasteiger partial charge < -0.3 is 24.1 Å². The lowest BCUT2D eigenvalue weighted by Crippen LogP contribution is -2.38. The molecule has 230 valence electrons. The Labute approximate surface area is 260 Å². The highest BCUT2D eigenvalue weighted by Gasteiger charge is 2.42. The van der Waals surface area contributed by atoms with Gasteiger partial charge in [-0.2, -0.15) is 0 Å². The summed E-state index contributed by atoms with van der Waals surface area (Å²) >= 11 is 0. The summed E-state index contributed by atoms with van der Waals surface area (Å²) in [6.07, 6.45) is -0.895. The molecule has 1 unspecified atom stereocenters. The normalized spacial score (nSPS) is 18.1. The number of hydrogen-bond donors (Lipinski definition) is 2. The summed E-state index contributed by atoms with van der Waals surface area (Å²) in [6.45, 7) is -0.00569. The van der Waals surface area contributed by atoms with Crippen molar-refractivity contribution in [1.29, 1.82) is 0 Å². The van der Waals surface area contributed by atoms with E-state index in [1.165, 1.54) is 10.8 Å². The molecule has 0 spiro atoms. The number of aromatic nitrogens is 2. The van der Waals surface area contributed by atoms with Gasteiger partial charge in [0.05, 0.1) is 32.5 Å². The van der Waals surface area contributed by atoms with Crippen molar-refractivity contribution in [3.05, 3.63) is 153 Å². The van der Waals surface area contributed by atoms with Crippen LogP contribution in [0.5, 0.6) is 11.5 Å². The number of aromatic amines is 1. The molecule has 4 aromatic carbocycles. The molecule has 2 N–H and O–H groups in total. The van der Waals surface area contributed by atoms with Crippen molar-refractivity contribution in [3.8, 4) is 22.6 Å². The fourth-order valence-corrected chi connectivity index (χ4v) is 5.84. The number of methoxy groups -OCH3 is 2. The van der Waals surface area contributed by atoms with Crippen LogP contribution in [0.15, 0.2) is 125 Å². The minimum absolute atomic E-state index is 0.00569. The van der Waals surface area contributed by atoms with Gasteiger partial charge in [-0.05, 0) is 46.5 Å². The maximum absolute atomic E-state index is 12.9. The molecule has 1 saturated heterocycles. The fourth-order valence-electron chi connectivity index (χ4n) is 5.84. The molecule has 9 nitrogen and oxygen atoms in total. The van der Waals surface area contributed by atoms with E-state index in [4.69, 9.17) is 18.9 Å². The van der Waals surface area contributed by atoms with E-state index in [1.807, 2.05) is 97.1 Å². The van der Waals surface area contributed by atoms with Crippen molar-refractivity contribution in [2.75, 3.05) is 20.8 Å². The molecule has 0 bridgehead atoms. The van der Waals surface area contributed by atoms with Gasteiger partial charge >= 0.3 is 5.69 Å². The first-order valence-corrected chi connectivity index (χ1v) is 14.7. The van der Waals surface area contributed by atoms with Crippen LogP contribution in [0.4, 0.5) is 0 Å². The van der Waals surface area contributed by atoms with Crippen LogP contribution in [-0.4, -0.2) is 47.7 Å². The number of nitrogens with zero attached hydrogens (tertiary/aromatic N) is 1. The number of hydrogen-bond acceptors (Lipinski definition) is 7. The lowest BCUT2D eigenvalue weighted by atomic mass is 9.80. The minimum atomic E-state index is -1.10. The third kappa shape index (κ3) is 5.93. The third-order valence-electron chi connectivity index (χ3n) is 8.20. The smallest absolute Gasteiger partial charge is 0.330 e. The van der Waals surface area contributed by atoms with E-state index in [-0.39, 0.29) is 13.0 Å². The topological polar surface area (TPSA) is 112 Å². The average molecular weight is 607 g/mol. The first-order chi connectivity index (χ1) is 21.9. The van der Waals surface area contributed by atoms with Crippen LogP contribution in [0.2, 0.25) is 0 Å². The highest BCUT2D eigenvalue weighted by atomic mass is 16.6. The van der Waals surface area contributed by atoms with Gasteiger partial charge in [0, 0.05) is 12.6 Å². The number of aliphatic hydroxyl groups excluding tert-OH is 1. The van der Waals surface area contributed by atoms with Gasteiger partial charge in [-0.25, -0.2) is 4.79 Å². The lowest BCUT2D eigenvalue weighted by molar-refractivity contribution is -0.0944. The Bertz CT molecular complexity index is 1790. The molecule has 3 atom stereocenters. The van der Waals surface area contributed by atoms with E-state index >= 15 is 0 Å². The monoisotopic (exact) mass is 606 g/mol. The number of rotatable bonds is 10. The molecule has 1 aromatic heterocycles. The van der Waals surface area contributed by atoms with Gasteiger partial charge in [-0.3, -0.25) is 14.3 Å². The summed E-state index contributed by atoms with van der Waals surface area (Å²) in [5.74, 6) is 1.41. The van der Waals surface area contributed by atoms with Crippen LogP contribution in [-0.2, 0) is 15.1 Å². The fraction of sp³-hybridized carbons (Fsp3) is 0.222. The average Bonchev–Trinajstić information content (AvgIpc) is 3.46. The second-order valence-corrected chi connectivity index (χ2v) is 10.8. The summed E-state index contributed by atoms with van der Waals surface area (Å²) in [5, 5.41) is 11.2. The predicted molar refractivity (Wildman–Crippen MR) is 170 cm³/mol. The molecule has 1 fully saturated rings. The summed E-state index contributed by atoms with van der Waals surface area (Å²) in [7, 11) is 3.23. The van der Waals surface area contributed by atoms with Crippen LogP contribution < -0.4 is 20.7 Å². The van der Waals surface area contributed by atoms with Gasteiger partial charge in [0.15, 0.2) is 0 Å². The molecule has 0 saturated carbocycles. The third-order valence-corrected chi connectivity index (χ3v) is 8.20. The van der Waals surface area contributed by atoms with Crippen LogP contribution in [0.25, 0.3) is 11.1 Å². The molecule has 1 aliphatic rings. The minimum Gasteiger partial charge on any atom is -0.497 e. The molecule has 0 aliphatic carbocycles. The number of nitrogens with one attached hydrogen (secondary N) is 1. The Morgan fingerprint density at radius 2 is 1.33 bits per heavy atom. The van der Waals surface area contributed by atoms with Crippen LogP contribution in [0, 0.1) is 0 Å².